The molecule has 4 aromatic rings. The molecule has 4 nitrogen and oxygen atoms in total. The molecule has 1 unspecified atom stereocenters. The van der Waals surface area contributed by atoms with E-state index >= 15 is 0 Å². The topological polar surface area (TPSA) is 47.3 Å². The number of halogens is 5. The Morgan fingerprint density at radius 1 is 1.00 bits per heavy atom. The van der Waals surface area contributed by atoms with Crippen LogP contribution in [0.15, 0.2) is 77.4 Å². The lowest BCUT2D eigenvalue weighted by atomic mass is 9.93. The van der Waals surface area contributed by atoms with E-state index in [0.717, 1.165) is 0 Å². The highest BCUT2D eigenvalue weighted by Crippen LogP contribution is 2.40. The van der Waals surface area contributed by atoms with E-state index in [2.05, 4.69) is 21.0 Å². The van der Waals surface area contributed by atoms with E-state index in [4.69, 9.17) is 4.74 Å². The standard InChI is InChI=1S/C22H15BrF4N2O2/c23-16-2-1-3-19(11-16)31-13-21(30,22(25,26)27)15-4-9-20-14(10-15)12-28-29(20)18-7-5-17(24)6-8-18/h1-12,30H,13H2. The van der Waals surface area contributed by atoms with Gasteiger partial charge in [-0.15, -0.1) is 0 Å². The van der Waals surface area contributed by atoms with Gasteiger partial charge in [0.1, 0.15) is 18.2 Å². The fraction of sp³-hybridized carbons (Fsp3) is 0.136. The van der Waals surface area contributed by atoms with Crippen LogP contribution in [0.4, 0.5) is 17.6 Å². The van der Waals surface area contributed by atoms with Crippen molar-refractivity contribution >= 4 is 26.8 Å². The average Bonchev–Trinajstić information content (AvgIpc) is 3.15. The molecule has 0 aliphatic rings. The minimum atomic E-state index is -4.99. The van der Waals surface area contributed by atoms with Gasteiger partial charge in [0.05, 0.1) is 17.4 Å². The number of ether oxygens (including phenoxy) is 1. The van der Waals surface area contributed by atoms with Crippen molar-refractivity contribution in [2.75, 3.05) is 6.61 Å². The second-order valence-corrected chi connectivity index (χ2v) is 7.83. The minimum absolute atomic E-state index is 0.183. The van der Waals surface area contributed by atoms with E-state index < -0.39 is 24.2 Å². The number of aliphatic hydroxyl groups is 1. The second kappa shape index (κ2) is 7.97. The van der Waals surface area contributed by atoms with Crippen molar-refractivity contribution in [3.63, 3.8) is 0 Å². The first-order valence-electron chi connectivity index (χ1n) is 9.09. The number of rotatable bonds is 5. The SMILES string of the molecule is OC(COc1cccc(Br)c1)(c1ccc2c(cnn2-c2ccc(F)cc2)c1)C(F)(F)F. The third kappa shape index (κ3) is 4.15. The molecule has 0 aliphatic carbocycles. The van der Waals surface area contributed by atoms with E-state index in [1.807, 2.05) is 0 Å². The Morgan fingerprint density at radius 3 is 2.42 bits per heavy atom. The second-order valence-electron chi connectivity index (χ2n) is 6.91. The van der Waals surface area contributed by atoms with Gasteiger partial charge in [0.15, 0.2) is 0 Å². The smallest absolute Gasteiger partial charge is 0.424 e. The zero-order chi connectivity index (χ0) is 22.2. The lowest BCUT2D eigenvalue weighted by Crippen LogP contribution is -2.47. The third-order valence-electron chi connectivity index (χ3n) is 4.83. The quantitative estimate of drug-likeness (QED) is 0.359. The van der Waals surface area contributed by atoms with E-state index in [-0.39, 0.29) is 11.3 Å². The normalized spacial score (nSPS) is 13.9. The fourth-order valence-corrected chi connectivity index (χ4v) is 3.53. The van der Waals surface area contributed by atoms with Crippen molar-refractivity contribution in [3.05, 3.63) is 88.8 Å². The van der Waals surface area contributed by atoms with Gasteiger partial charge in [-0.05, 0) is 60.2 Å². The monoisotopic (exact) mass is 494 g/mol. The number of aromatic nitrogens is 2. The number of fused-ring (bicyclic) bond motifs is 1. The summed E-state index contributed by atoms with van der Waals surface area (Å²) in [6.07, 6.45) is -3.60. The van der Waals surface area contributed by atoms with E-state index in [9.17, 15) is 22.7 Å². The van der Waals surface area contributed by atoms with Gasteiger partial charge in [0.25, 0.3) is 0 Å². The number of benzene rings is 3. The molecule has 0 spiro atoms. The summed E-state index contributed by atoms with van der Waals surface area (Å²) in [6, 6.07) is 15.7. The Balaban J connectivity index is 1.70. The van der Waals surface area contributed by atoms with Gasteiger partial charge >= 0.3 is 6.18 Å². The molecule has 1 heterocycles. The van der Waals surface area contributed by atoms with Gasteiger partial charge in [-0.25, -0.2) is 9.07 Å². The van der Waals surface area contributed by atoms with E-state index in [0.29, 0.717) is 21.1 Å². The van der Waals surface area contributed by atoms with Crippen LogP contribution in [0, 0.1) is 5.82 Å². The van der Waals surface area contributed by atoms with Crippen molar-refractivity contribution in [1.29, 1.82) is 0 Å². The highest BCUT2D eigenvalue weighted by molar-refractivity contribution is 9.10. The first-order chi connectivity index (χ1) is 14.7. The molecule has 0 fully saturated rings. The Bertz CT molecular complexity index is 1220. The number of alkyl halides is 3. The van der Waals surface area contributed by atoms with Crippen molar-refractivity contribution in [1.82, 2.24) is 9.78 Å². The molecule has 0 bridgehead atoms. The predicted molar refractivity (Wildman–Crippen MR) is 111 cm³/mol. The van der Waals surface area contributed by atoms with Gasteiger partial charge < -0.3 is 9.84 Å². The van der Waals surface area contributed by atoms with Crippen LogP contribution in [0.1, 0.15) is 5.56 Å². The Hall–Kier alpha value is -2.91. The van der Waals surface area contributed by atoms with Crippen molar-refractivity contribution in [2.45, 2.75) is 11.8 Å². The summed E-state index contributed by atoms with van der Waals surface area (Å²) >= 11 is 3.22. The van der Waals surface area contributed by atoms with Gasteiger partial charge in [-0.1, -0.05) is 28.1 Å². The zero-order valence-corrected chi connectivity index (χ0v) is 17.4. The summed E-state index contributed by atoms with van der Waals surface area (Å²) in [4.78, 5) is 0. The van der Waals surface area contributed by atoms with Gasteiger partial charge in [0, 0.05) is 9.86 Å². The molecule has 160 valence electrons. The minimum Gasteiger partial charge on any atom is -0.490 e. The lowest BCUT2D eigenvalue weighted by Gasteiger charge is -2.31. The first kappa shape index (κ1) is 21.3. The Morgan fingerprint density at radius 2 is 1.74 bits per heavy atom. The number of hydrogen-bond acceptors (Lipinski definition) is 3. The molecule has 0 amide bonds. The molecule has 1 aromatic heterocycles. The van der Waals surface area contributed by atoms with Crippen LogP contribution in [0.5, 0.6) is 5.75 Å². The van der Waals surface area contributed by atoms with Crippen molar-refractivity contribution < 1.29 is 27.4 Å². The summed E-state index contributed by atoms with van der Waals surface area (Å²) < 4.78 is 62.2. The maximum absolute atomic E-state index is 13.9. The first-order valence-corrected chi connectivity index (χ1v) is 9.88. The third-order valence-corrected chi connectivity index (χ3v) is 5.32. The highest BCUT2D eigenvalue weighted by atomic mass is 79.9. The molecule has 0 radical (unpaired) electrons. The molecule has 9 heteroatoms. The molecule has 31 heavy (non-hydrogen) atoms. The van der Waals surface area contributed by atoms with Crippen LogP contribution < -0.4 is 4.74 Å². The molecule has 1 atom stereocenters. The summed E-state index contributed by atoms with van der Waals surface area (Å²) in [6.45, 7) is -1.02. The Kier molecular flexibility index (Phi) is 5.49. The summed E-state index contributed by atoms with van der Waals surface area (Å²) in [5.41, 5.74) is -2.55. The molecule has 0 saturated heterocycles. The maximum atomic E-state index is 13.9. The van der Waals surface area contributed by atoms with Crippen LogP contribution in [0.25, 0.3) is 16.6 Å². The number of nitrogens with zero attached hydrogens (tertiary/aromatic N) is 2. The highest BCUT2D eigenvalue weighted by Gasteiger charge is 2.56. The molecular weight excluding hydrogens is 480 g/mol. The summed E-state index contributed by atoms with van der Waals surface area (Å²) in [5.74, 6) is -0.231. The summed E-state index contributed by atoms with van der Waals surface area (Å²) in [5, 5.41) is 15.2. The van der Waals surface area contributed by atoms with Gasteiger partial charge in [-0.3, -0.25) is 0 Å². The van der Waals surface area contributed by atoms with Gasteiger partial charge in [-0.2, -0.15) is 18.3 Å². The number of hydrogen-bond donors (Lipinski definition) is 1. The summed E-state index contributed by atoms with van der Waals surface area (Å²) in [7, 11) is 0. The predicted octanol–water partition coefficient (Wildman–Crippen LogP) is 5.76. The largest absolute Gasteiger partial charge is 0.490 e. The molecular formula is C22H15BrF4N2O2. The Labute approximate surface area is 182 Å². The van der Waals surface area contributed by atoms with Crippen molar-refractivity contribution in [2.24, 2.45) is 0 Å². The molecule has 4 rings (SSSR count). The zero-order valence-electron chi connectivity index (χ0n) is 15.8. The maximum Gasteiger partial charge on any atom is 0.424 e. The van der Waals surface area contributed by atoms with Gasteiger partial charge in [0.2, 0.25) is 5.60 Å². The lowest BCUT2D eigenvalue weighted by molar-refractivity contribution is -0.275. The van der Waals surface area contributed by atoms with E-state index in [1.54, 1.807) is 12.1 Å². The fourth-order valence-electron chi connectivity index (χ4n) is 3.15. The van der Waals surface area contributed by atoms with Crippen molar-refractivity contribution in [3.8, 4) is 11.4 Å². The van der Waals surface area contributed by atoms with Crippen LogP contribution in [0.3, 0.4) is 0 Å². The van der Waals surface area contributed by atoms with E-state index in [1.165, 1.54) is 65.5 Å². The molecule has 0 aliphatic heterocycles. The van der Waals surface area contributed by atoms with Crippen LogP contribution in [0.2, 0.25) is 0 Å². The van der Waals surface area contributed by atoms with Crippen LogP contribution in [-0.2, 0) is 5.60 Å². The molecule has 3 aromatic carbocycles. The molecule has 0 saturated carbocycles. The van der Waals surface area contributed by atoms with Crippen LogP contribution >= 0.6 is 15.9 Å². The average molecular weight is 495 g/mol. The molecule has 1 N–H and O–H groups in total. The van der Waals surface area contributed by atoms with Crippen LogP contribution in [-0.4, -0.2) is 27.7 Å².